The number of unbranched alkanes of at least 4 members (excludes halogenated alkanes) is 1. The number of aliphatic imine (C=N–C) groups is 1. The molecule has 31 heavy (non-hydrogen) atoms. The lowest BCUT2D eigenvalue weighted by molar-refractivity contribution is -0.122. The van der Waals surface area contributed by atoms with Crippen LogP contribution in [0.25, 0.3) is 0 Å². The van der Waals surface area contributed by atoms with Gasteiger partial charge in [0.15, 0.2) is 5.17 Å². The minimum atomic E-state index is -0.0135. The largest absolute Gasteiger partial charge is 0.497 e. The normalized spacial score (nSPS) is 20.5. The summed E-state index contributed by atoms with van der Waals surface area (Å²) in [7, 11) is 3.67. The molecule has 1 fully saturated rings. The molecule has 2 aliphatic heterocycles. The van der Waals surface area contributed by atoms with Crippen LogP contribution in [-0.4, -0.2) is 36.7 Å². The molecule has 2 heterocycles. The molecule has 162 valence electrons. The van der Waals surface area contributed by atoms with E-state index in [0.717, 1.165) is 49.8 Å². The Morgan fingerprint density at radius 3 is 2.61 bits per heavy atom. The first-order chi connectivity index (χ1) is 15.0. The molecule has 1 amide bonds. The molecular formula is C24H27N3O2S2. The van der Waals surface area contributed by atoms with Crippen molar-refractivity contribution in [3.05, 3.63) is 64.0 Å². The lowest BCUT2D eigenvalue weighted by atomic mass is 10.1. The molecule has 2 aromatic carbocycles. The average molecular weight is 454 g/mol. The van der Waals surface area contributed by atoms with Crippen molar-refractivity contribution in [1.29, 1.82) is 0 Å². The number of benzene rings is 2. The maximum absolute atomic E-state index is 13.4. The van der Waals surface area contributed by atoms with Crippen LogP contribution in [0.4, 0.5) is 5.69 Å². The van der Waals surface area contributed by atoms with Crippen LogP contribution in [0, 0.1) is 0 Å². The quantitative estimate of drug-likeness (QED) is 0.510. The summed E-state index contributed by atoms with van der Waals surface area (Å²) in [4.78, 5) is 24.2. The van der Waals surface area contributed by atoms with Gasteiger partial charge in [-0.3, -0.25) is 14.7 Å². The summed E-state index contributed by atoms with van der Waals surface area (Å²) >= 11 is 3.13. The number of rotatable bonds is 6. The number of amidine groups is 1. The van der Waals surface area contributed by atoms with Crippen LogP contribution in [0.3, 0.4) is 0 Å². The fourth-order valence-corrected chi connectivity index (χ4v) is 5.98. The first kappa shape index (κ1) is 21.8. The second-order valence-corrected chi connectivity index (χ2v) is 9.55. The van der Waals surface area contributed by atoms with E-state index in [1.54, 1.807) is 18.9 Å². The van der Waals surface area contributed by atoms with Crippen molar-refractivity contribution in [3.8, 4) is 5.75 Å². The fraction of sp³-hybridized carbons (Fsp3) is 0.333. The smallest absolute Gasteiger partial charge is 0.269 e. The average Bonchev–Trinajstić information content (AvgIpc) is 3.28. The molecule has 2 aliphatic rings. The molecule has 1 saturated heterocycles. The van der Waals surface area contributed by atoms with E-state index in [2.05, 4.69) is 30.9 Å². The number of hydrogen-bond acceptors (Lipinski definition) is 6. The van der Waals surface area contributed by atoms with Crippen molar-refractivity contribution in [3.63, 3.8) is 0 Å². The Morgan fingerprint density at radius 1 is 1.13 bits per heavy atom. The summed E-state index contributed by atoms with van der Waals surface area (Å²) < 4.78 is 5.38. The van der Waals surface area contributed by atoms with Gasteiger partial charge in [-0.15, -0.1) is 0 Å². The lowest BCUT2D eigenvalue weighted by Gasteiger charge is -2.17. The summed E-state index contributed by atoms with van der Waals surface area (Å²) in [6.07, 6.45) is 1.98. The van der Waals surface area contributed by atoms with E-state index in [4.69, 9.17) is 9.73 Å². The summed E-state index contributed by atoms with van der Waals surface area (Å²) in [6.45, 7) is 4.91. The zero-order valence-electron chi connectivity index (χ0n) is 18.3. The Hall–Kier alpha value is -2.38. The lowest BCUT2D eigenvalue weighted by Crippen LogP contribution is -2.31. The van der Waals surface area contributed by atoms with E-state index in [0.29, 0.717) is 6.54 Å². The molecule has 0 aromatic heterocycles. The molecule has 7 heteroatoms. The zero-order valence-corrected chi connectivity index (χ0v) is 19.9. The number of fused-ring (bicyclic) bond motifs is 1. The number of carbonyl (C=O) groups is 1. The fourth-order valence-electron chi connectivity index (χ4n) is 3.57. The molecule has 0 N–H and O–H groups in total. The van der Waals surface area contributed by atoms with Crippen LogP contribution in [0.2, 0.25) is 0 Å². The molecular weight excluding hydrogens is 426 g/mol. The third-order valence-corrected chi connectivity index (χ3v) is 7.86. The monoisotopic (exact) mass is 453 g/mol. The summed E-state index contributed by atoms with van der Waals surface area (Å²) in [5, 5.41) is 1.75. The number of methoxy groups -OCH3 is 1. The SMILES string of the molecule is CCCCN1C(=O)/C(=C2/Sc3ccc(OC)cc3N2C)SC1=NC(C)c1ccccc1. The number of thioether (sulfide) groups is 2. The molecule has 0 spiro atoms. The molecule has 1 unspecified atom stereocenters. The number of ether oxygens (including phenoxy) is 1. The number of carbonyl (C=O) groups excluding carboxylic acids is 1. The molecule has 0 radical (unpaired) electrons. The Bertz CT molecular complexity index is 1040. The summed E-state index contributed by atoms with van der Waals surface area (Å²) in [5.41, 5.74) is 2.20. The van der Waals surface area contributed by atoms with Gasteiger partial charge in [-0.1, -0.05) is 55.4 Å². The third kappa shape index (κ3) is 4.34. The first-order valence-corrected chi connectivity index (χ1v) is 12.1. The van der Waals surface area contributed by atoms with Crippen LogP contribution in [0.1, 0.15) is 38.3 Å². The van der Waals surface area contributed by atoms with Crippen LogP contribution >= 0.6 is 23.5 Å². The minimum absolute atomic E-state index is 0.0135. The molecule has 0 aliphatic carbocycles. The van der Waals surface area contributed by atoms with Gasteiger partial charge in [-0.2, -0.15) is 0 Å². The highest BCUT2D eigenvalue weighted by atomic mass is 32.2. The van der Waals surface area contributed by atoms with Crippen molar-refractivity contribution >= 4 is 40.3 Å². The van der Waals surface area contributed by atoms with Gasteiger partial charge in [-0.25, -0.2) is 0 Å². The molecule has 4 rings (SSSR count). The van der Waals surface area contributed by atoms with Gasteiger partial charge in [0.05, 0.1) is 23.9 Å². The Labute approximate surface area is 192 Å². The highest BCUT2D eigenvalue weighted by Gasteiger charge is 2.39. The van der Waals surface area contributed by atoms with E-state index >= 15 is 0 Å². The first-order valence-electron chi connectivity index (χ1n) is 10.5. The number of amides is 1. The van der Waals surface area contributed by atoms with Crippen LogP contribution in [0.5, 0.6) is 5.75 Å². The van der Waals surface area contributed by atoms with Gasteiger partial charge in [0.2, 0.25) is 0 Å². The van der Waals surface area contributed by atoms with Gasteiger partial charge in [0, 0.05) is 24.6 Å². The van der Waals surface area contributed by atoms with Crippen LogP contribution in [0.15, 0.2) is 68.4 Å². The third-order valence-electron chi connectivity index (χ3n) is 5.42. The van der Waals surface area contributed by atoms with E-state index in [9.17, 15) is 4.79 Å². The van der Waals surface area contributed by atoms with Gasteiger partial charge < -0.3 is 9.64 Å². The van der Waals surface area contributed by atoms with Crippen molar-refractivity contribution in [2.75, 3.05) is 25.6 Å². The molecule has 1 atom stereocenters. The van der Waals surface area contributed by atoms with Gasteiger partial charge in [0.25, 0.3) is 5.91 Å². The highest BCUT2D eigenvalue weighted by molar-refractivity contribution is 8.19. The van der Waals surface area contributed by atoms with Crippen molar-refractivity contribution in [1.82, 2.24) is 4.90 Å². The topological polar surface area (TPSA) is 45.1 Å². The number of hydrogen-bond donors (Lipinski definition) is 0. The molecule has 0 saturated carbocycles. The maximum Gasteiger partial charge on any atom is 0.269 e. The zero-order chi connectivity index (χ0) is 22.0. The van der Waals surface area contributed by atoms with Crippen LogP contribution < -0.4 is 9.64 Å². The molecule has 0 bridgehead atoms. The van der Waals surface area contributed by atoms with E-state index in [1.807, 2.05) is 48.3 Å². The molecule has 5 nitrogen and oxygen atoms in total. The second kappa shape index (κ2) is 9.40. The predicted octanol–water partition coefficient (Wildman–Crippen LogP) is 5.90. The number of nitrogens with zero attached hydrogens (tertiary/aromatic N) is 3. The second-order valence-electron chi connectivity index (χ2n) is 7.54. The van der Waals surface area contributed by atoms with Crippen molar-refractivity contribution in [2.24, 2.45) is 4.99 Å². The van der Waals surface area contributed by atoms with E-state index in [1.165, 1.54) is 11.8 Å². The summed E-state index contributed by atoms with van der Waals surface area (Å²) in [6, 6.07) is 16.2. The van der Waals surface area contributed by atoms with E-state index in [-0.39, 0.29) is 11.9 Å². The standard InChI is InChI=1S/C24H27N3O2S2/c1-5-6-14-27-22(28)21(31-24(27)25-16(2)17-10-8-7-9-11-17)23-26(3)19-15-18(29-4)12-13-20(19)30-23/h7-13,15-16H,5-6,14H2,1-4H3/b23-21-,25-24?. The summed E-state index contributed by atoms with van der Waals surface area (Å²) in [5.74, 6) is 0.859. The van der Waals surface area contributed by atoms with E-state index < -0.39 is 0 Å². The van der Waals surface area contributed by atoms with Gasteiger partial charge in [0.1, 0.15) is 10.7 Å². The van der Waals surface area contributed by atoms with Crippen LogP contribution in [-0.2, 0) is 4.79 Å². The van der Waals surface area contributed by atoms with Crippen molar-refractivity contribution in [2.45, 2.75) is 37.6 Å². The van der Waals surface area contributed by atoms with Gasteiger partial charge >= 0.3 is 0 Å². The molecule has 2 aromatic rings. The highest BCUT2D eigenvalue weighted by Crippen LogP contribution is 2.51. The maximum atomic E-state index is 13.4. The number of anilines is 1. The Kier molecular flexibility index (Phi) is 6.62. The van der Waals surface area contributed by atoms with Crippen molar-refractivity contribution < 1.29 is 9.53 Å². The Balaban J connectivity index is 1.68. The predicted molar refractivity (Wildman–Crippen MR) is 131 cm³/mol. The minimum Gasteiger partial charge on any atom is -0.497 e. The van der Waals surface area contributed by atoms with Gasteiger partial charge in [-0.05, 0) is 42.8 Å². The Morgan fingerprint density at radius 2 is 1.90 bits per heavy atom.